The van der Waals surface area contributed by atoms with Gasteiger partial charge in [-0.3, -0.25) is 4.98 Å². The number of hydrogen-bond acceptors (Lipinski definition) is 2. The summed E-state index contributed by atoms with van der Waals surface area (Å²) in [6.45, 7) is 6.35. The molecule has 2 amide bonds. The molecule has 1 aromatic heterocycles. The largest absolute Gasteiger partial charge is 0.336 e. The quantitative estimate of drug-likeness (QED) is 0.847. The molecule has 16 heavy (non-hydrogen) atoms. The Balaban J connectivity index is 2.57. The van der Waals surface area contributed by atoms with Crippen LogP contribution in [0.5, 0.6) is 0 Å². The van der Waals surface area contributed by atoms with Crippen molar-refractivity contribution < 1.29 is 4.79 Å². The van der Waals surface area contributed by atoms with Crippen LogP contribution in [0.3, 0.4) is 0 Å². The van der Waals surface area contributed by atoms with Crippen LogP contribution in [0.15, 0.2) is 18.2 Å². The minimum absolute atomic E-state index is 0.0710. The fraction of sp³-hybridized carbons (Fsp3) is 0.500. The van der Waals surface area contributed by atoms with E-state index < -0.39 is 0 Å². The van der Waals surface area contributed by atoms with E-state index in [1.165, 1.54) is 0 Å². The molecular weight excluding hydrogens is 202 g/mol. The molecule has 1 aromatic rings. The number of amides is 2. The Bertz CT molecular complexity index is 363. The molecule has 4 heteroatoms. The molecule has 0 spiro atoms. The van der Waals surface area contributed by atoms with Gasteiger partial charge in [-0.25, -0.2) is 4.79 Å². The van der Waals surface area contributed by atoms with Crippen LogP contribution in [0.4, 0.5) is 4.79 Å². The number of rotatable bonds is 3. The molecule has 0 atom stereocenters. The van der Waals surface area contributed by atoms with E-state index >= 15 is 0 Å². The smallest absolute Gasteiger partial charge is 0.317 e. The van der Waals surface area contributed by atoms with Gasteiger partial charge in [-0.2, -0.15) is 0 Å². The molecule has 0 aliphatic heterocycles. The molecule has 4 nitrogen and oxygen atoms in total. The van der Waals surface area contributed by atoms with Crippen LogP contribution < -0.4 is 5.32 Å². The Labute approximate surface area is 96.7 Å². The van der Waals surface area contributed by atoms with Crippen molar-refractivity contribution in [3.05, 3.63) is 29.6 Å². The highest BCUT2D eigenvalue weighted by molar-refractivity contribution is 5.74. The maximum absolute atomic E-state index is 11.6. The summed E-state index contributed by atoms with van der Waals surface area (Å²) in [6, 6.07) is 5.90. The minimum Gasteiger partial charge on any atom is -0.336 e. The van der Waals surface area contributed by atoms with Gasteiger partial charge in [0, 0.05) is 18.8 Å². The van der Waals surface area contributed by atoms with Crippen molar-refractivity contribution in [3.8, 4) is 0 Å². The molecule has 0 saturated heterocycles. The van der Waals surface area contributed by atoms with Gasteiger partial charge in [0.05, 0.1) is 12.2 Å². The highest BCUT2D eigenvalue weighted by Gasteiger charge is 2.10. The molecule has 1 heterocycles. The van der Waals surface area contributed by atoms with E-state index in [4.69, 9.17) is 0 Å². The van der Waals surface area contributed by atoms with Gasteiger partial charge in [0.25, 0.3) is 0 Å². The first-order valence-corrected chi connectivity index (χ1v) is 5.43. The number of hydrogen-bond donors (Lipinski definition) is 1. The highest BCUT2D eigenvalue weighted by atomic mass is 16.2. The number of nitrogens with one attached hydrogen (secondary N) is 1. The zero-order chi connectivity index (χ0) is 12.1. The molecule has 0 aromatic carbocycles. The monoisotopic (exact) mass is 221 g/mol. The predicted molar refractivity (Wildman–Crippen MR) is 64.1 cm³/mol. The van der Waals surface area contributed by atoms with Crippen LogP contribution in [0, 0.1) is 6.92 Å². The summed E-state index contributed by atoms with van der Waals surface area (Å²) >= 11 is 0. The van der Waals surface area contributed by atoms with E-state index in [9.17, 15) is 4.79 Å². The van der Waals surface area contributed by atoms with E-state index in [2.05, 4.69) is 10.3 Å². The van der Waals surface area contributed by atoms with Crippen molar-refractivity contribution in [2.45, 2.75) is 33.4 Å². The van der Waals surface area contributed by atoms with Gasteiger partial charge in [-0.05, 0) is 32.9 Å². The highest BCUT2D eigenvalue weighted by Crippen LogP contribution is 2.02. The predicted octanol–water partition coefficient (Wildman–Crippen LogP) is 1.94. The number of pyridine rings is 1. The maximum Gasteiger partial charge on any atom is 0.317 e. The third kappa shape index (κ3) is 3.88. The lowest BCUT2D eigenvalue weighted by Crippen LogP contribution is -2.40. The molecule has 0 saturated carbocycles. The van der Waals surface area contributed by atoms with Crippen molar-refractivity contribution in [1.82, 2.24) is 15.2 Å². The molecule has 0 aliphatic rings. The van der Waals surface area contributed by atoms with Crippen LogP contribution >= 0.6 is 0 Å². The summed E-state index contributed by atoms with van der Waals surface area (Å²) in [5, 5.41) is 2.84. The van der Waals surface area contributed by atoms with Crippen molar-refractivity contribution in [1.29, 1.82) is 0 Å². The summed E-state index contributed by atoms with van der Waals surface area (Å²) < 4.78 is 0. The van der Waals surface area contributed by atoms with Crippen molar-refractivity contribution in [2.24, 2.45) is 0 Å². The standard InChI is InChI=1S/C12H19N3O/c1-9(2)13-12(16)15(4)8-11-7-5-6-10(3)14-11/h5-7,9H,8H2,1-4H3,(H,13,16). The van der Waals surface area contributed by atoms with E-state index in [1.807, 2.05) is 39.0 Å². The van der Waals surface area contributed by atoms with Crippen LogP contribution in [-0.2, 0) is 6.54 Å². The molecule has 0 aliphatic carbocycles. The fourth-order valence-electron chi connectivity index (χ4n) is 1.36. The van der Waals surface area contributed by atoms with Crippen LogP contribution in [-0.4, -0.2) is 29.0 Å². The van der Waals surface area contributed by atoms with Crippen LogP contribution in [0.2, 0.25) is 0 Å². The second kappa shape index (κ2) is 5.49. The van der Waals surface area contributed by atoms with Crippen LogP contribution in [0.25, 0.3) is 0 Å². The zero-order valence-corrected chi connectivity index (χ0v) is 10.3. The first-order valence-electron chi connectivity index (χ1n) is 5.43. The number of urea groups is 1. The summed E-state index contributed by atoms with van der Waals surface area (Å²) in [5.41, 5.74) is 1.87. The molecule has 0 unspecified atom stereocenters. The second-order valence-electron chi connectivity index (χ2n) is 4.23. The topological polar surface area (TPSA) is 45.2 Å². The van der Waals surface area contributed by atoms with Gasteiger partial charge in [-0.1, -0.05) is 6.07 Å². The molecule has 0 radical (unpaired) electrons. The molecule has 88 valence electrons. The van der Waals surface area contributed by atoms with E-state index in [0.717, 1.165) is 11.4 Å². The molecular formula is C12H19N3O. The van der Waals surface area contributed by atoms with Gasteiger partial charge in [0.2, 0.25) is 0 Å². The van der Waals surface area contributed by atoms with Gasteiger partial charge < -0.3 is 10.2 Å². The van der Waals surface area contributed by atoms with Crippen molar-refractivity contribution >= 4 is 6.03 Å². The summed E-state index contributed by atoms with van der Waals surface area (Å²) in [6.07, 6.45) is 0. The Morgan fingerprint density at radius 3 is 2.75 bits per heavy atom. The third-order valence-corrected chi connectivity index (χ3v) is 2.10. The SMILES string of the molecule is Cc1cccc(CN(C)C(=O)NC(C)C)n1. The molecule has 1 N–H and O–H groups in total. The zero-order valence-electron chi connectivity index (χ0n) is 10.3. The Morgan fingerprint density at radius 1 is 1.50 bits per heavy atom. The maximum atomic E-state index is 11.6. The normalized spacial score (nSPS) is 10.3. The number of aromatic nitrogens is 1. The van der Waals surface area contributed by atoms with Gasteiger partial charge >= 0.3 is 6.03 Å². The molecule has 0 fully saturated rings. The number of carbonyl (C=O) groups excluding carboxylic acids is 1. The van der Waals surface area contributed by atoms with Crippen LogP contribution in [0.1, 0.15) is 25.2 Å². The van der Waals surface area contributed by atoms with Gasteiger partial charge in [0.15, 0.2) is 0 Å². The number of carbonyl (C=O) groups is 1. The van der Waals surface area contributed by atoms with E-state index in [1.54, 1.807) is 11.9 Å². The first kappa shape index (κ1) is 12.5. The Hall–Kier alpha value is -1.58. The molecule has 1 rings (SSSR count). The number of aryl methyl sites for hydroxylation is 1. The molecule has 0 bridgehead atoms. The van der Waals surface area contributed by atoms with Gasteiger partial charge in [0.1, 0.15) is 0 Å². The summed E-state index contributed by atoms with van der Waals surface area (Å²) in [5.74, 6) is 0. The Kier molecular flexibility index (Phi) is 4.28. The minimum atomic E-state index is -0.0710. The fourth-order valence-corrected chi connectivity index (χ4v) is 1.36. The van der Waals surface area contributed by atoms with Crippen molar-refractivity contribution in [2.75, 3.05) is 7.05 Å². The average molecular weight is 221 g/mol. The van der Waals surface area contributed by atoms with E-state index in [0.29, 0.717) is 6.54 Å². The Morgan fingerprint density at radius 2 is 2.19 bits per heavy atom. The summed E-state index contributed by atoms with van der Waals surface area (Å²) in [7, 11) is 1.77. The first-order chi connectivity index (χ1) is 7.49. The van der Waals surface area contributed by atoms with Gasteiger partial charge in [-0.15, -0.1) is 0 Å². The lowest BCUT2D eigenvalue weighted by atomic mass is 10.3. The second-order valence-corrected chi connectivity index (χ2v) is 4.23. The van der Waals surface area contributed by atoms with Crippen molar-refractivity contribution in [3.63, 3.8) is 0 Å². The van der Waals surface area contributed by atoms with E-state index in [-0.39, 0.29) is 12.1 Å². The summed E-state index contributed by atoms with van der Waals surface area (Å²) in [4.78, 5) is 17.6. The third-order valence-electron chi connectivity index (χ3n) is 2.10. The lowest BCUT2D eigenvalue weighted by molar-refractivity contribution is 0.203. The number of nitrogens with zero attached hydrogens (tertiary/aromatic N) is 2. The lowest BCUT2D eigenvalue weighted by Gasteiger charge is -2.19. The average Bonchev–Trinajstić information content (AvgIpc) is 2.16.